The summed E-state index contributed by atoms with van der Waals surface area (Å²) in [5, 5.41) is 4.97. The summed E-state index contributed by atoms with van der Waals surface area (Å²) in [7, 11) is 0.417. The molecule has 0 aliphatic heterocycles. The molecular weight excluding hydrogens is 356 g/mol. The van der Waals surface area contributed by atoms with Crippen LogP contribution >= 0.6 is 0 Å². The SMILES string of the molecule is CC(C)(C)[NH][Ti]([CH3])([CH3])[CH]1C=C(c2ccc[nH]2)c2ccccc21.C[SiH2]C. The summed E-state index contributed by atoms with van der Waals surface area (Å²) < 4.78 is 4.53. The summed E-state index contributed by atoms with van der Waals surface area (Å²) in [4.78, 5) is 3.37. The van der Waals surface area contributed by atoms with Gasteiger partial charge in [-0.05, 0) is 0 Å². The number of hydrogen-bond acceptors (Lipinski definition) is 1. The van der Waals surface area contributed by atoms with Crippen LogP contribution in [0.5, 0.6) is 0 Å². The van der Waals surface area contributed by atoms with Crippen molar-refractivity contribution in [1.29, 1.82) is 0 Å². The second-order valence-electron chi connectivity index (χ2n) is 8.53. The number of H-pyrrole nitrogens is 1. The second kappa shape index (κ2) is 8.22. The van der Waals surface area contributed by atoms with Crippen molar-refractivity contribution in [1.82, 2.24) is 8.78 Å². The molecule has 0 radical (unpaired) electrons. The molecule has 3 rings (SSSR count). The maximum atomic E-state index is 3.98. The van der Waals surface area contributed by atoms with Crippen molar-refractivity contribution in [3.63, 3.8) is 0 Å². The van der Waals surface area contributed by atoms with Crippen molar-refractivity contribution in [2.24, 2.45) is 0 Å². The van der Waals surface area contributed by atoms with E-state index >= 15 is 0 Å². The van der Waals surface area contributed by atoms with Crippen LogP contribution in [0.4, 0.5) is 0 Å². The maximum absolute atomic E-state index is 3.98. The third-order valence-corrected chi connectivity index (χ3v) is 9.63. The van der Waals surface area contributed by atoms with E-state index in [2.05, 4.69) is 95.6 Å². The van der Waals surface area contributed by atoms with E-state index in [0.29, 0.717) is 13.7 Å². The predicted octanol–water partition coefficient (Wildman–Crippen LogP) is 5.31. The standard InChI is InChI=1S/C13H10N.C4H10N.C2H8Si.2CH3.Ti/c1-2-5-11-10(4-1)7-8-12(11)13-6-3-9-14-13;1-4(2,3)5;1-3-2;;;/h1-9,14H;5H,1-3H3;3H2,1-2H3;2*1H3;/q;-1;;;;+1. The van der Waals surface area contributed by atoms with Crippen molar-refractivity contribution >= 4 is 15.1 Å². The molecule has 1 aliphatic carbocycles. The van der Waals surface area contributed by atoms with Crippen molar-refractivity contribution in [3.8, 4) is 0 Å². The molecule has 0 bridgehead atoms. The fourth-order valence-electron chi connectivity index (χ4n) is 3.73. The van der Waals surface area contributed by atoms with Crippen LogP contribution in [0.2, 0.25) is 23.6 Å². The van der Waals surface area contributed by atoms with E-state index in [-0.39, 0.29) is 5.54 Å². The molecule has 0 fully saturated rings. The number of fused-ring (bicyclic) bond motifs is 1. The van der Waals surface area contributed by atoms with Gasteiger partial charge in [-0.2, -0.15) is 0 Å². The average molecular weight is 390 g/mol. The minimum atomic E-state index is -2.23. The zero-order chi connectivity index (χ0) is 18.7. The molecule has 1 heterocycles. The Labute approximate surface area is 160 Å². The van der Waals surface area contributed by atoms with E-state index in [4.69, 9.17) is 0 Å². The Morgan fingerprint density at radius 2 is 1.68 bits per heavy atom. The van der Waals surface area contributed by atoms with Crippen LogP contribution < -0.4 is 3.80 Å². The van der Waals surface area contributed by atoms with Gasteiger partial charge >= 0.3 is 138 Å². The first-order valence-electron chi connectivity index (χ1n) is 9.43. The summed E-state index contributed by atoms with van der Waals surface area (Å²) in [6.45, 7) is 11.4. The fraction of sp³-hybridized carbons (Fsp3) is 0.429. The van der Waals surface area contributed by atoms with E-state index < -0.39 is 16.8 Å². The molecule has 1 aromatic carbocycles. The van der Waals surface area contributed by atoms with Crippen LogP contribution in [-0.2, 0) is 16.8 Å². The van der Waals surface area contributed by atoms with Crippen molar-refractivity contribution in [2.75, 3.05) is 0 Å². The Kier molecular flexibility index (Phi) is 6.72. The van der Waals surface area contributed by atoms with E-state index in [1.54, 1.807) is 0 Å². The number of hydrogen-bond donors (Lipinski definition) is 2. The van der Waals surface area contributed by atoms with Gasteiger partial charge in [-0.1, -0.05) is 13.1 Å². The van der Waals surface area contributed by atoms with E-state index in [1.165, 1.54) is 22.4 Å². The molecule has 2 N–H and O–H groups in total. The smallest absolute Gasteiger partial charge is 0.0135 e. The van der Waals surface area contributed by atoms with Gasteiger partial charge in [0.25, 0.3) is 0 Å². The molecule has 1 unspecified atom stereocenters. The van der Waals surface area contributed by atoms with Gasteiger partial charge in [0.15, 0.2) is 0 Å². The van der Waals surface area contributed by atoms with E-state index in [9.17, 15) is 0 Å². The number of aromatic nitrogens is 1. The number of aromatic amines is 1. The Bertz CT molecular complexity index is 712. The first kappa shape index (κ1) is 20.4. The summed E-state index contributed by atoms with van der Waals surface area (Å²) in [5.41, 5.74) is 5.64. The molecule has 25 heavy (non-hydrogen) atoms. The van der Waals surface area contributed by atoms with Crippen LogP contribution in [0.15, 0.2) is 48.7 Å². The number of nitrogens with one attached hydrogen (secondary N) is 2. The Morgan fingerprint density at radius 1 is 1.04 bits per heavy atom. The molecule has 1 atom stereocenters. The molecule has 0 spiro atoms. The molecule has 0 amide bonds. The third kappa shape index (κ3) is 5.07. The molecule has 1 aliphatic rings. The van der Waals surface area contributed by atoms with Crippen molar-refractivity contribution in [3.05, 3.63) is 65.5 Å². The van der Waals surface area contributed by atoms with Gasteiger partial charge in [0.2, 0.25) is 0 Å². The van der Waals surface area contributed by atoms with Gasteiger partial charge in [0.1, 0.15) is 0 Å². The van der Waals surface area contributed by atoms with Crippen LogP contribution in [0.3, 0.4) is 0 Å². The Hall–Kier alpha value is -0.869. The van der Waals surface area contributed by atoms with Crippen molar-refractivity contribution < 1.29 is 16.8 Å². The van der Waals surface area contributed by atoms with E-state index in [0.717, 1.165) is 0 Å². The largest absolute Gasteiger partial charge is 0.0750 e. The van der Waals surface area contributed by atoms with Crippen LogP contribution in [0, 0.1) is 0 Å². The molecule has 0 saturated carbocycles. The number of rotatable bonds is 3. The molecular formula is C21H34N2SiTi. The molecule has 0 saturated heterocycles. The Morgan fingerprint density at radius 3 is 2.24 bits per heavy atom. The third-order valence-electron chi connectivity index (χ3n) is 4.28. The zero-order valence-corrected chi connectivity index (χ0v) is 19.9. The first-order valence-corrected chi connectivity index (χ1v) is 17.1. The Balaban J connectivity index is 0.000000701. The summed E-state index contributed by atoms with van der Waals surface area (Å²) in [6.07, 6.45) is 4.50. The van der Waals surface area contributed by atoms with Crippen molar-refractivity contribution in [2.45, 2.75) is 54.1 Å². The monoisotopic (exact) mass is 390 g/mol. The minimum absolute atomic E-state index is 0.168. The summed E-state index contributed by atoms with van der Waals surface area (Å²) in [6, 6.07) is 13.1. The molecule has 1 aromatic heterocycles. The minimum Gasteiger partial charge on any atom is -0.0750 e. The van der Waals surface area contributed by atoms with Crippen LogP contribution in [0.1, 0.15) is 41.8 Å². The molecule has 136 valence electrons. The zero-order valence-electron chi connectivity index (χ0n) is 16.9. The topological polar surface area (TPSA) is 27.8 Å². The molecule has 2 nitrogen and oxygen atoms in total. The maximum Gasteiger partial charge on any atom is 0.0135 e. The summed E-state index contributed by atoms with van der Waals surface area (Å²) >= 11 is -2.23. The van der Waals surface area contributed by atoms with Gasteiger partial charge in [-0.15, -0.1) is 0 Å². The van der Waals surface area contributed by atoms with Gasteiger partial charge in [-0.25, -0.2) is 0 Å². The van der Waals surface area contributed by atoms with Crippen LogP contribution in [-0.4, -0.2) is 20.0 Å². The predicted molar refractivity (Wildman–Crippen MR) is 112 cm³/mol. The molecule has 2 aromatic rings. The van der Waals surface area contributed by atoms with Gasteiger partial charge < -0.3 is 0 Å². The fourth-order valence-corrected chi connectivity index (χ4v) is 9.51. The average Bonchev–Trinajstić information content (AvgIpc) is 3.13. The number of allylic oxidation sites excluding steroid dienone is 1. The number of benzene rings is 1. The second-order valence-corrected chi connectivity index (χ2v) is 16.7. The van der Waals surface area contributed by atoms with Gasteiger partial charge in [-0.3, -0.25) is 0 Å². The molecule has 4 heteroatoms. The first-order chi connectivity index (χ1) is 11.7. The van der Waals surface area contributed by atoms with E-state index in [1.807, 2.05) is 6.20 Å². The van der Waals surface area contributed by atoms with Gasteiger partial charge in [0.05, 0.1) is 0 Å². The quantitative estimate of drug-likeness (QED) is 0.684. The summed E-state index contributed by atoms with van der Waals surface area (Å²) in [5.74, 6) is 0. The normalized spacial score (nSPS) is 16.8. The van der Waals surface area contributed by atoms with Gasteiger partial charge in [0, 0.05) is 9.52 Å². The van der Waals surface area contributed by atoms with Crippen LogP contribution in [0.25, 0.3) is 5.57 Å².